The van der Waals surface area contributed by atoms with Crippen molar-refractivity contribution in [1.29, 1.82) is 0 Å². The summed E-state index contributed by atoms with van der Waals surface area (Å²) in [5.74, 6) is 0.933. The Hall–Kier alpha value is -1.28. The first kappa shape index (κ1) is 16.1. The monoisotopic (exact) mass is 346 g/mol. The number of hydrogen-bond donors (Lipinski definition) is 0. The fraction of sp³-hybridized carbons (Fsp3) is 0.368. The first-order valence-corrected chi connectivity index (χ1v) is 8.54. The second-order valence-corrected chi connectivity index (χ2v) is 6.19. The zero-order valence-electron chi connectivity index (χ0n) is 12.6. The van der Waals surface area contributed by atoms with Crippen LogP contribution in [0, 0.1) is 0 Å². The predicted octanol–water partition coefficient (Wildman–Crippen LogP) is 6.15. The molecular formula is C19H23BrO. The fourth-order valence-corrected chi connectivity index (χ4v) is 2.68. The van der Waals surface area contributed by atoms with E-state index in [9.17, 15) is 0 Å². The Balaban J connectivity index is 1.81. The van der Waals surface area contributed by atoms with Crippen molar-refractivity contribution in [3.8, 4) is 5.75 Å². The molecule has 2 rings (SSSR count). The van der Waals surface area contributed by atoms with Gasteiger partial charge in [-0.05, 0) is 36.6 Å². The smallest absolute Gasteiger partial charge is 0.119 e. The third-order valence-corrected chi connectivity index (χ3v) is 4.37. The van der Waals surface area contributed by atoms with Gasteiger partial charge < -0.3 is 4.74 Å². The van der Waals surface area contributed by atoms with Crippen LogP contribution < -0.4 is 4.74 Å². The highest BCUT2D eigenvalue weighted by molar-refractivity contribution is 9.10. The number of unbranched alkanes of at least 4 members (excludes halogenated alkanes) is 3. The third kappa shape index (κ3) is 5.55. The van der Waals surface area contributed by atoms with E-state index in [1.54, 1.807) is 0 Å². The average Bonchev–Trinajstić information content (AvgIpc) is 2.52. The molecule has 0 unspecified atom stereocenters. The largest absolute Gasteiger partial charge is 0.489 e. The van der Waals surface area contributed by atoms with Gasteiger partial charge in [-0.3, -0.25) is 0 Å². The lowest BCUT2D eigenvalue weighted by Gasteiger charge is -2.08. The van der Waals surface area contributed by atoms with Crippen molar-refractivity contribution in [3.63, 3.8) is 0 Å². The van der Waals surface area contributed by atoms with Gasteiger partial charge in [-0.25, -0.2) is 0 Å². The number of ether oxygens (including phenoxy) is 1. The zero-order valence-corrected chi connectivity index (χ0v) is 14.2. The van der Waals surface area contributed by atoms with Crippen LogP contribution >= 0.6 is 15.9 Å². The Morgan fingerprint density at radius 3 is 2.38 bits per heavy atom. The molecule has 21 heavy (non-hydrogen) atoms. The van der Waals surface area contributed by atoms with Gasteiger partial charge in [0.25, 0.3) is 0 Å². The van der Waals surface area contributed by atoms with E-state index in [1.807, 2.05) is 18.2 Å². The molecule has 0 atom stereocenters. The molecule has 0 aliphatic heterocycles. The molecule has 0 radical (unpaired) electrons. The second-order valence-electron chi connectivity index (χ2n) is 5.33. The quantitative estimate of drug-likeness (QED) is 0.520. The number of benzene rings is 2. The number of hydrogen-bond acceptors (Lipinski definition) is 1. The van der Waals surface area contributed by atoms with Crippen LogP contribution in [0.5, 0.6) is 5.75 Å². The van der Waals surface area contributed by atoms with Crippen molar-refractivity contribution >= 4 is 15.9 Å². The highest BCUT2D eigenvalue weighted by atomic mass is 79.9. The lowest BCUT2D eigenvalue weighted by molar-refractivity contribution is 0.305. The summed E-state index contributed by atoms with van der Waals surface area (Å²) in [6.45, 7) is 2.84. The highest BCUT2D eigenvalue weighted by Crippen LogP contribution is 2.20. The Morgan fingerprint density at radius 1 is 0.905 bits per heavy atom. The van der Waals surface area contributed by atoms with Crippen LogP contribution in [0.3, 0.4) is 0 Å². The summed E-state index contributed by atoms with van der Waals surface area (Å²) in [5.41, 5.74) is 2.57. The Morgan fingerprint density at radius 2 is 1.67 bits per heavy atom. The fourth-order valence-electron chi connectivity index (χ4n) is 2.28. The second kappa shape index (κ2) is 8.89. The predicted molar refractivity (Wildman–Crippen MR) is 92.8 cm³/mol. The van der Waals surface area contributed by atoms with Crippen molar-refractivity contribution < 1.29 is 4.74 Å². The minimum Gasteiger partial charge on any atom is -0.489 e. The van der Waals surface area contributed by atoms with Crippen LogP contribution in [-0.2, 0) is 13.0 Å². The maximum absolute atomic E-state index is 5.84. The van der Waals surface area contributed by atoms with E-state index in [0.29, 0.717) is 6.61 Å². The SMILES string of the molecule is CCCCCCc1ccc(OCc2ccccc2Br)cc1. The Bertz CT molecular complexity index is 534. The Kier molecular flexibility index (Phi) is 6.81. The van der Waals surface area contributed by atoms with Gasteiger partial charge in [0.05, 0.1) is 0 Å². The van der Waals surface area contributed by atoms with Crippen molar-refractivity contribution in [3.05, 3.63) is 64.1 Å². The van der Waals surface area contributed by atoms with E-state index in [2.05, 4.69) is 53.2 Å². The Labute approximate surface area is 136 Å². The summed E-state index contributed by atoms with van der Waals surface area (Å²) in [7, 11) is 0. The van der Waals surface area contributed by atoms with E-state index in [0.717, 1.165) is 10.2 Å². The highest BCUT2D eigenvalue weighted by Gasteiger charge is 2.00. The lowest BCUT2D eigenvalue weighted by atomic mass is 10.1. The molecule has 0 aliphatic carbocycles. The van der Waals surface area contributed by atoms with Gasteiger partial charge in [0, 0.05) is 10.0 Å². The minimum absolute atomic E-state index is 0.595. The van der Waals surface area contributed by atoms with Gasteiger partial charge >= 0.3 is 0 Å². The van der Waals surface area contributed by atoms with Crippen molar-refractivity contribution in [2.75, 3.05) is 0 Å². The van der Waals surface area contributed by atoms with Crippen molar-refractivity contribution in [2.45, 2.75) is 45.6 Å². The molecule has 0 bridgehead atoms. The van der Waals surface area contributed by atoms with Crippen LogP contribution in [0.1, 0.15) is 43.7 Å². The molecule has 0 aromatic heterocycles. The molecule has 0 fully saturated rings. The van der Waals surface area contributed by atoms with Gasteiger partial charge in [-0.1, -0.05) is 72.4 Å². The van der Waals surface area contributed by atoms with Gasteiger partial charge in [0.2, 0.25) is 0 Å². The molecule has 2 aromatic rings. The molecule has 112 valence electrons. The molecule has 0 saturated heterocycles. The lowest BCUT2D eigenvalue weighted by Crippen LogP contribution is -1.96. The third-order valence-electron chi connectivity index (χ3n) is 3.59. The van der Waals surface area contributed by atoms with E-state index in [4.69, 9.17) is 4.74 Å². The van der Waals surface area contributed by atoms with E-state index in [-0.39, 0.29) is 0 Å². The van der Waals surface area contributed by atoms with Crippen LogP contribution in [-0.4, -0.2) is 0 Å². The number of rotatable bonds is 8. The normalized spacial score (nSPS) is 10.6. The summed E-state index contributed by atoms with van der Waals surface area (Å²) in [6.07, 6.45) is 6.42. The molecule has 2 heteroatoms. The first-order valence-electron chi connectivity index (χ1n) is 7.74. The van der Waals surface area contributed by atoms with Crippen molar-refractivity contribution in [1.82, 2.24) is 0 Å². The molecule has 0 spiro atoms. The molecule has 1 nitrogen and oxygen atoms in total. The number of aryl methyl sites for hydroxylation is 1. The van der Waals surface area contributed by atoms with E-state index < -0.39 is 0 Å². The summed E-state index contributed by atoms with van der Waals surface area (Å²) in [5, 5.41) is 0. The van der Waals surface area contributed by atoms with Crippen molar-refractivity contribution in [2.24, 2.45) is 0 Å². The summed E-state index contributed by atoms with van der Waals surface area (Å²) >= 11 is 3.54. The molecule has 0 heterocycles. The topological polar surface area (TPSA) is 9.23 Å². The summed E-state index contributed by atoms with van der Waals surface area (Å²) < 4.78 is 6.94. The molecule has 0 amide bonds. The van der Waals surface area contributed by atoms with E-state index in [1.165, 1.54) is 43.2 Å². The zero-order chi connectivity index (χ0) is 14.9. The minimum atomic E-state index is 0.595. The summed E-state index contributed by atoms with van der Waals surface area (Å²) in [6, 6.07) is 16.7. The molecular weight excluding hydrogens is 324 g/mol. The molecule has 0 N–H and O–H groups in total. The number of halogens is 1. The average molecular weight is 347 g/mol. The van der Waals surface area contributed by atoms with Gasteiger partial charge in [0.1, 0.15) is 12.4 Å². The van der Waals surface area contributed by atoms with Crippen LogP contribution in [0.15, 0.2) is 53.0 Å². The molecule has 2 aromatic carbocycles. The van der Waals surface area contributed by atoms with Gasteiger partial charge in [-0.15, -0.1) is 0 Å². The standard InChI is InChI=1S/C19H23BrO/c1-2-3-4-5-8-16-11-13-18(14-12-16)21-15-17-9-6-7-10-19(17)20/h6-7,9-14H,2-5,8,15H2,1H3. The molecule has 0 saturated carbocycles. The van der Waals surface area contributed by atoms with Gasteiger partial charge in [0.15, 0.2) is 0 Å². The van der Waals surface area contributed by atoms with Gasteiger partial charge in [-0.2, -0.15) is 0 Å². The van der Waals surface area contributed by atoms with E-state index >= 15 is 0 Å². The first-order chi connectivity index (χ1) is 10.3. The summed E-state index contributed by atoms with van der Waals surface area (Å²) in [4.78, 5) is 0. The van der Waals surface area contributed by atoms with Crippen LogP contribution in [0.2, 0.25) is 0 Å². The maximum atomic E-state index is 5.84. The molecule has 0 aliphatic rings. The van der Waals surface area contributed by atoms with Crippen LogP contribution in [0.25, 0.3) is 0 Å². The maximum Gasteiger partial charge on any atom is 0.119 e. The van der Waals surface area contributed by atoms with Crippen LogP contribution in [0.4, 0.5) is 0 Å².